The van der Waals surface area contributed by atoms with E-state index in [9.17, 15) is 4.79 Å². The minimum absolute atomic E-state index is 0.187. The fourth-order valence-electron chi connectivity index (χ4n) is 4.02. The Labute approximate surface area is 184 Å². The number of aromatic nitrogens is 4. The van der Waals surface area contributed by atoms with Crippen LogP contribution in [0.5, 0.6) is 0 Å². The molecule has 2 heterocycles. The van der Waals surface area contributed by atoms with E-state index in [1.165, 1.54) is 29.8 Å². The van der Waals surface area contributed by atoms with Gasteiger partial charge in [-0.3, -0.25) is 9.89 Å². The molecule has 1 fully saturated rings. The molecule has 1 saturated carbocycles. The zero-order chi connectivity index (χ0) is 21.2. The lowest BCUT2D eigenvalue weighted by atomic mass is 9.75. The lowest BCUT2D eigenvalue weighted by Crippen LogP contribution is -2.24. The first kappa shape index (κ1) is 19.8. The number of allylic oxidation sites excluding steroid dienone is 5. The molecule has 2 aliphatic carbocycles. The van der Waals surface area contributed by atoms with Gasteiger partial charge in [-0.1, -0.05) is 60.5 Å². The zero-order valence-electron chi connectivity index (χ0n) is 17.0. The summed E-state index contributed by atoms with van der Waals surface area (Å²) in [4.78, 5) is 21.6. The molecule has 0 aliphatic heterocycles. The summed E-state index contributed by atoms with van der Waals surface area (Å²) in [5.41, 5.74) is 1.38. The molecule has 6 nitrogen and oxygen atoms in total. The molecule has 1 aromatic carbocycles. The van der Waals surface area contributed by atoms with Gasteiger partial charge in [0.1, 0.15) is 5.76 Å². The van der Waals surface area contributed by atoms with E-state index in [1.54, 1.807) is 0 Å². The highest BCUT2D eigenvalue weighted by Crippen LogP contribution is 2.40. The Kier molecular flexibility index (Phi) is 5.47. The summed E-state index contributed by atoms with van der Waals surface area (Å²) in [5.74, 6) is 2.69. The van der Waals surface area contributed by atoms with Crippen molar-refractivity contribution in [3.05, 3.63) is 87.5 Å². The van der Waals surface area contributed by atoms with Crippen molar-refractivity contribution in [3.8, 4) is 11.4 Å². The van der Waals surface area contributed by atoms with Crippen molar-refractivity contribution in [2.45, 2.75) is 25.7 Å². The molecule has 31 heavy (non-hydrogen) atoms. The molecular formula is C24H23ClN4O2. The number of hydrogen-bond donors (Lipinski definition) is 1. The lowest BCUT2D eigenvalue weighted by molar-refractivity contribution is 0.145. The highest BCUT2D eigenvalue weighted by Gasteiger charge is 2.30. The van der Waals surface area contributed by atoms with Gasteiger partial charge in [0.2, 0.25) is 0 Å². The second kappa shape index (κ2) is 8.55. The van der Waals surface area contributed by atoms with Crippen molar-refractivity contribution in [2.75, 3.05) is 6.61 Å². The van der Waals surface area contributed by atoms with Crippen LogP contribution >= 0.6 is 11.6 Å². The van der Waals surface area contributed by atoms with E-state index in [-0.39, 0.29) is 11.5 Å². The van der Waals surface area contributed by atoms with Gasteiger partial charge in [-0.25, -0.2) is 4.98 Å². The quantitative estimate of drug-likeness (QED) is 0.613. The smallest absolute Gasteiger partial charge is 0.274 e. The van der Waals surface area contributed by atoms with Crippen LogP contribution in [0.2, 0.25) is 0 Å². The molecule has 3 aromatic rings. The van der Waals surface area contributed by atoms with Crippen LogP contribution in [0.3, 0.4) is 0 Å². The molecule has 1 unspecified atom stereocenters. The van der Waals surface area contributed by atoms with Crippen LogP contribution in [0, 0.1) is 11.8 Å². The third-order valence-corrected chi connectivity index (χ3v) is 6.15. The summed E-state index contributed by atoms with van der Waals surface area (Å²) >= 11 is 6.28. The summed E-state index contributed by atoms with van der Waals surface area (Å²) < 4.78 is 7.51. The molecule has 0 saturated heterocycles. The topological polar surface area (TPSA) is 72.3 Å². The number of hydrogen-bond acceptors (Lipinski definition) is 4. The Bertz CT molecular complexity index is 1240. The molecule has 2 aliphatic rings. The summed E-state index contributed by atoms with van der Waals surface area (Å²) in [6.07, 6.45) is 12.1. The van der Waals surface area contributed by atoms with Gasteiger partial charge in [-0.15, -0.1) is 0 Å². The Morgan fingerprint density at radius 1 is 1.19 bits per heavy atom. The fraction of sp³-hybridized carbons (Fsp3) is 0.292. The summed E-state index contributed by atoms with van der Waals surface area (Å²) in [7, 11) is 0. The third-order valence-electron chi connectivity index (χ3n) is 5.90. The van der Waals surface area contributed by atoms with Gasteiger partial charge >= 0.3 is 0 Å². The fourth-order valence-corrected chi connectivity index (χ4v) is 4.23. The number of halogens is 1. The Balaban J connectivity index is 1.31. The Morgan fingerprint density at radius 2 is 2.03 bits per heavy atom. The van der Waals surface area contributed by atoms with Crippen LogP contribution in [-0.2, 0) is 11.2 Å². The Hall–Kier alpha value is -3.12. The van der Waals surface area contributed by atoms with Crippen LogP contribution < -0.4 is 5.56 Å². The van der Waals surface area contributed by atoms with Crippen molar-refractivity contribution in [1.82, 2.24) is 19.6 Å². The Morgan fingerprint density at radius 3 is 2.81 bits per heavy atom. The molecular weight excluding hydrogens is 412 g/mol. The number of nitrogens with zero attached hydrogens (tertiary/aromatic N) is 3. The number of H-pyrrole nitrogens is 1. The third kappa shape index (κ3) is 4.21. The van der Waals surface area contributed by atoms with E-state index in [1.807, 2.05) is 48.6 Å². The largest absolute Gasteiger partial charge is 0.497 e. The first-order valence-electron chi connectivity index (χ1n) is 10.6. The van der Waals surface area contributed by atoms with E-state index < -0.39 is 0 Å². The predicted octanol–water partition coefficient (Wildman–Crippen LogP) is 4.64. The van der Waals surface area contributed by atoms with E-state index in [4.69, 9.17) is 16.3 Å². The number of fused-ring (bicyclic) bond motifs is 1. The standard InChI is InChI=1S/C24H23ClN4O2/c25-18-10-5-11-21(20(14-18)16-8-4-9-16)31-13-12-19-15-22(30)29-24(26-19)27-23(28-29)17-6-2-1-3-7-17/h1-3,5-7,10-11,14-16,20H,4,8-9,12-13H2,(H,26,27,28). The molecule has 0 amide bonds. The molecule has 158 valence electrons. The lowest BCUT2D eigenvalue weighted by Gasteiger charge is -2.33. The highest BCUT2D eigenvalue weighted by molar-refractivity contribution is 6.31. The zero-order valence-corrected chi connectivity index (χ0v) is 17.8. The van der Waals surface area contributed by atoms with Crippen molar-refractivity contribution in [2.24, 2.45) is 11.8 Å². The van der Waals surface area contributed by atoms with E-state index >= 15 is 0 Å². The van der Waals surface area contributed by atoms with E-state index in [0.29, 0.717) is 36.2 Å². The van der Waals surface area contributed by atoms with Gasteiger partial charge in [0.15, 0.2) is 5.82 Å². The number of ether oxygens (including phenoxy) is 1. The van der Waals surface area contributed by atoms with Crippen molar-refractivity contribution < 1.29 is 4.74 Å². The summed E-state index contributed by atoms with van der Waals surface area (Å²) in [5, 5.41) is 3.77. The molecule has 1 atom stereocenters. The van der Waals surface area contributed by atoms with Gasteiger partial charge < -0.3 is 4.74 Å². The molecule has 2 aromatic heterocycles. The number of rotatable bonds is 6. The molecule has 7 heteroatoms. The highest BCUT2D eigenvalue weighted by atomic mass is 35.5. The molecule has 0 bridgehead atoms. The predicted molar refractivity (Wildman–Crippen MR) is 121 cm³/mol. The first-order valence-corrected chi connectivity index (χ1v) is 11.0. The average Bonchev–Trinajstić information content (AvgIpc) is 3.08. The van der Waals surface area contributed by atoms with Crippen LogP contribution in [0.15, 0.2) is 76.3 Å². The molecule has 0 radical (unpaired) electrons. The second-order valence-corrected chi connectivity index (χ2v) is 8.39. The summed E-state index contributed by atoms with van der Waals surface area (Å²) in [6.45, 7) is 0.437. The van der Waals surface area contributed by atoms with E-state index in [0.717, 1.165) is 16.4 Å². The van der Waals surface area contributed by atoms with Crippen LogP contribution in [0.1, 0.15) is 25.0 Å². The maximum atomic E-state index is 12.5. The molecule has 1 N–H and O–H groups in total. The molecule has 5 rings (SSSR count). The SMILES string of the molecule is O=c1cc(CCOC2=CC=CC(Cl)=CC2C2CCC2)nc2nc(-c3ccccc3)[nH]n12. The number of benzene rings is 1. The number of aromatic amines is 1. The average molecular weight is 435 g/mol. The van der Waals surface area contributed by atoms with Crippen LogP contribution in [0.25, 0.3) is 17.2 Å². The minimum Gasteiger partial charge on any atom is -0.497 e. The maximum Gasteiger partial charge on any atom is 0.274 e. The van der Waals surface area contributed by atoms with Gasteiger partial charge in [0, 0.05) is 29.0 Å². The van der Waals surface area contributed by atoms with Gasteiger partial charge in [0.25, 0.3) is 11.3 Å². The van der Waals surface area contributed by atoms with Crippen LogP contribution in [-0.4, -0.2) is 26.2 Å². The van der Waals surface area contributed by atoms with Gasteiger partial charge in [0.05, 0.1) is 12.3 Å². The van der Waals surface area contributed by atoms with E-state index in [2.05, 4.69) is 21.1 Å². The van der Waals surface area contributed by atoms with Crippen molar-refractivity contribution in [3.63, 3.8) is 0 Å². The van der Waals surface area contributed by atoms with Crippen LogP contribution in [0.4, 0.5) is 0 Å². The minimum atomic E-state index is -0.187. The van der Waals surface area contributed by atoms with Crippen molar-refractivity contribution >= 4 is 17.4 Å². The second-order valence-electron chi connectivity index (χ2n) is 7.95. The van der Waals surface area contributed by atoms with Gasteiger partial charge in [-0.2, -0.15) is 9.50 Å². The first-order chi connectivity index (χ1) is 15.2. The summed E-state index contributed by atoms with van der Waals surface area (Å²) in [6, 6.07) is 11.2. The normalized spacial score (nSPS) is 18.9. The van der Waals surface area contributed by atoms with Crippen molar-refractivity contribution in [1.29, 1.82) is 0 Å². The number of nitrogens with one attached hydrogen (secondary N) is 1. The maximum absolute atomic E-state index is 12.5. The monoisotopic (exact) mass is 434 g/mol. The van der Waals surface area contributed by atoms with Gasteiger partial charge in [-0.05, 0) is 30.9 Å². The molecule has 0 spiro atoms.